The van der Waals surface area contributed by atoms with E-state index >= 15 is 0 Å². The van der Waals surface area contributed by atoms with Gasteiger partial charge in [0, 0.05) is 12.1 Å². The number of rotatable bonds is 7. The molecule has 1 aliphatic heterocycles. The Kier molecular flexibility index (Phi) is 5.51. The van der Waals surface area contributed by atoms with Crippen LogP contribution in [-0.2, 0) is 6.42 Å². The molecule has 2 N–H and O–H groups in total. The van der Waals surface area contributed by atoms with E-state index in [1.165, 1.54) is 49.8 Å². The lowest BCUT2D eigenvalue weighted by molar-refractivity contribution is 0.157. The highest BCUT2D eigenvalue weighted by Gasteiger charge is 2.28. The summed E-state index contributed by atoms with van der Waals surface area (Å²) < 4.78 is 0. The number of aliphatic hydroxyl groups is 1. The van der Waals surface area contributed by atoms with Gasteiger partial charge in [0.1, 0.15) is 0 Å². The molecule has 2 aliphatic rings. The number of hydrogen-bond acceptors (Lipinski definition) is 3. The minimum Gasteiger partial charge on any atom is -0.395 e. The number of nitrogens with zero attached hydrogens (tertiary/aromatic N) is 1. The topological polar surface area (TPSA) is 35.5 Å². The van der Waals surface area contributed by atoms with Gasteiger partial charge in [0.2, 0.25) is 0 Å². The van der Waals surface area contributed by atoms with Crippen LogP contribution >= 0.6 is 0 Å². The molecule has 122 valence electrons. The first-order chi connectivity index (χ1) is 10.8. The number of fused-ring (bicyclic) bond motifs is 1. The lowest BCUT2D eigenvalue weighted by Crippen LogP contribution is -2.33. The van der Waals surface area contributed by atoms with Gasteiger partial charge in [-0.3, -0.25) is 4.90 Å². The van der Waals surface area contributed by atoms with Gasteiger partial charge in [-0.2, -0.15) is 0 Å². The van der Waals surface area contributed by atoms with E-state index in [2.05, 4.69) is 41.4 Å². The fourth-order valence-corrected chi connectivity index (χ4v) is 4.20. The van der Waals surface area contributed by atoms with Crippen molar-refractivity contribution in [3.8, 4) is 0 Å². The zero-order valence-electron chi connectivity index (χ0n) is 13.8. The van der Waals surface area contributed by atoms with Crippen LogP contribution in [0.5, 0.6) is 0 Å². The lowest BCUT2D eigenvalue weighted by atomic mass is 10.0. The van der Waals surface area contributed by atoms with Crippen LogP contribution < -0.4 is 5.32 Å². The van der Waals surface area contributed by atoms with Crippen LogP contribution in [0.4, 0.5) is 0 Å². The molecule has 1 aromatic rings. The molecule has 0 saturated carbocycles. The molecule has 1 aromatic carbocycles. The normalized spacial score (nSPS) is 28.2. The van der Waals surface area contributed by atoms with E-state index in [1.807, 2.05) is 0 Å². The summed E-state index contributed by atoms with van der Waals surface area (Å²) >= 11 is 0. The number of unbranched alkanes of at least 4 members (excludes halogenated alkanes) is 1. The van der Waals surface area contributed by atoms with Crippen molar-refractivity contribution in [1.29, 1.82) is 0 Å². The first kappa shape index (κ1) is 16.0. The van der Waals surface area contributed by atoms with Crippen molar-refractivity contribution in [2.45, 2.75) is 51.1 Å². The SMILES string of the molecule is CC1Cc2ccccc2C1NCCCCN1CCCC1CO. The van der Waals surface area contributed by atoms with Crippen LogP contribution in [0.2, 0.25) is 0 Å². The van der Waals surface area contributed by atoms with Crippen LogP contribution in [0.1, 0.15) is 49.8 Å². The summed E-state index contributed by atoms with van der Waals surface area (Å²) in [6, 6.07) is 9.83. The Morgan fingerprint density at radius 1 is 1.27 bits per heavy atom. The minimum atomic E-state index is 0.328. The second kappa shape index (κ2) is 7.58. The van der Waals surface area contributed by atoms with Gasteiger partial charge in [-0.15, -0.1) is 0 Å². The molecule has 3 rings (SSSR count). The Morgan fingerprint density at radius 2 is 2.14 bits per heavy atom. The predicted molar refractivity (Wildman–Crippen MR) is 91.0 cm³/mol. The second-order valence-electron chi connectivity index (χ2n) is 7.03. The quantitative estimate of drug-likeness (QED) is 0.760. The first-order valence-electron chi connectivity index (χ1n) is 8.95. The first-order valence-corrected chi connectivity index (χ1v) is 8.95. The monoisotopic (exact) mass is 302 g/mol. The summed E-state index contributed by atoms with van der Waals surface area (Å²) in [5, 5.41) is 13.1. The Labute approximate surface area is 134 Å². The van der Waals surface area contributed by atoms with Gasteiger partial charge < -0.3 is 10.4 Å². The third kappa shape index (κ3) is 3.53. The average Bonchev–Trinajstić information content (AvgIpc) is 3.11. The number of benzene rings is 1. The fourth-order valence-electron chi connectivity index (χ4n) is 4.20. The molecule has 0 amide bonds. The van der Waals surface area contributed by atoms with E-state index in [-0.39, 0.29) is 0 Å². The molecular formula is C19H30N2O. The van der Waals surface area contributed by atoms with Gasteiger partial charge in [0.05, 0.1) is 6.61 Å². The summed E-state index contributed by atoms with van der Waals surface area (Å²) in [7, 11) is 0. The van der Waals surface area contributed by atoms with E-state index in [9.17, 15) is 5.11 Å². The molecule has 3 nitrogen and oxygen atoms in total. The summed E-state index contributed by atoms with van der Waals surface area (Å²) in [5.74, 6) is 0.703. The molecule has 0 radical (unpaired) electrons. The van der Waals surface area contributed by atoms with Gasteiger partial charge in [0.15, 0.2) is 0 Å². The molecule has 0 spiro atoms. The maximum Gasteiger partial charge on any atom is 0.0586 e. The number of nitrogens with one attached hydrogen (secondary N) is 1. The second-order valence-corrected chi connectivity index (χ2v) is 7.03. The number of hydrogen-bond donors (Lipinski definition) is 2. The number of likely N-dealkylation sites (tertiary alicyclic amines) is 1. The standard InChI is InChI=1S/C19H30N2O/c1-15-13-16-7-2-3-9-18(16)19(15)20-10-4-5-11-21-12-6-8-17(21)14-22/h2-3,7,9,15,17,19-20,22H,4-6,8,10-14H2,1H3. The zero-order chi connectivity index (χ0) is 15.4. The number of aliphatic hydroxyl groups excluding tert-OH is 1. The van der Waals surface area contributed by atoms with Crippen molar-refractivity contribution in [2.24, 2.45) is 5.92 Å². The van der Waals surface area contributed by atoms with Crippen LogP contribution in [-0.4, -0.2) is 42.3 Å². The van der Waals surface area contributed by atoms with Gasteiger partial charge in [-0.05, 0) is 68.8 Å². The van der Waals surface area contributed by atoms with Crippen molar-refractivity contribution < 1.29 is 5.11 Å². The molecule has 3 heteroatoms. The van der Waals surface area contributed by atoms with E-state index in [1.54, 1.807) is 0 Å². The molecule has 3 unspecified atom stereocenters. The third-order valence-corrected chi connectivity index (χ3v) is 5.45. The van der Waals surface area contributed by atoms with E-state index in [0.717, 1.165) is 13.1 Å². The van der Waals surface area contributed by atoms with Crippen molar-refractivity contribution in [3.63, 3.8) is 0 Å². The smallest absolute Gasteiger partial charge is 0.0586 e. The summed E-state index contributed by atoms with van der Waals surface area (Å²) in [5.41, 5.74) is 3.03. The van der Waals surface area contributed by atoms with Crippen molar-refractivity contribution >= 4 is 0 Å². The predicted octanol–water partition coefficient (Wildman–Crippen LogP) is 2.75. The lowest BCUT2D eigenvalue weighted by Gasteiger charge is -2.23. The fraction of sp³-hybridized carbons (Fsp3) is 0.684. The average molecular weight is 302 g/mol. The molecule has 1 aliphatic carbocycles. The molecule has 1 fully saturated rings. The van der Waals surface area contributed by atoms with Crippen LogP contribution in [0.15, 0.2) is 24.3 Å². The molecule has 1 saturated heterocycles. The largest absolute Gasteiger partial charge is 0.395 e. The molecular weight excluding hydrogens is 272 g/mol. The van der Waals surface area contributed by atoms with E-state index in [0.29, 0.717) is 24.6 Å². The summed E-state index contributed by atoms with van der Waals surface area (Å²) in [6.07, 6.45) is 6.08. The molecule has 22 heavy (non-hydrogen) atoms. The van der Waals surface area contributed by atoms with Gasteiger partial charge >= 0.3 is 0 Å². The highest BCUT2D eigenvalue weighted by Crippen LogP contribution is 2.35. The molecule has 0 bridgehead atoms. The highest BCUT2D eigenvalue weighted by atomic mass is 16.3. The van der Waals surface area contributed by atoms with Crippen LogP contribution in [0.25, 0.3) is 0 Å². The highest BCUT2D eigenvalue weighted by molar-refractivity contribution is 5.35. The van der Waals surface area contributed by atoms with Gasteiger partial charge in [0.25, 0.3) is 0 Å². The van der Waals surface area contributed by atoms with E-state index < -0.39 is 0 Å². The minimum absolute atomic E-state index is 0.328. The molecule has 1 heterocycles. The summed E-state index contributed by atoms with van der Waals surface area (Å²) in [4.78, 5) is 2.47. The van der Waals surface area contributed by atoms with Gasteiger partial charge in [-0.1, -0.05) is 31.2 Å². The molecule has 0 aromatic heterocycles. The van der Waals surface area contributed by atoms with Crippen LogP contribution in [0.3, 0.4) is 0 Å². The maximum absolute atomic E-state index is 9.35. The van der Waals surface area contributed by atoms with Crippen LogP contribution in [0, 0.1) is 5.92 Å². The Bertz CT molecular complexity index is 476. The summed E-state index contributed by atoms with van der Waals surface area (Å²) in [6.45, 7) is 6.10. The maximum atomic E-state index is 9.35. The Balaban J connectivity index is 1.39. The van der Waals surface area contributed by atoms with E-state index in [4.69, 9.17) is 0 Å². The Morgan fingerprint density at radius 3 is 3.00 bits per heavy atom. The van der Waals surface area contributed by atoms with Gasteiger partial charge in [-0.25, -0.2) is 0 Å². The zero-order valence-corrected chi connectivity index (χ0v) is 13.8. The third-order valence-electron chi connectivity index (χ3n) is 5.45. The van der Waals surface area contributed by atoms with Crippen molar-refractivity contribution in [2.75, 3.05) is 26.2 Å². The Hall–Kier alpha value is -0.900. The molecule has 3 atom stereocenters. The van der Waals surface area contributed by atoms with Crippen molar-refractivity contribution in [1.82, 2.24) is 10.2 Å². The van der Waals surface area contributed by atoms with Crippen molar-refractivity contribution in [3.05, 3.63) is 35.4 Å².